The Morgan fingerprint density at radius 1 is 1.37 bits per heavy atom. The van der Waals surface area contributed by atoms with Crippen molar-refractivity contribution in [1.82, 2.24) is 0 Å². The van der Waals surface area contributed by atoms with E-state index in [2.05, 4.69) is 24.8 Å². The van der Waals surface area contributed by atoms with Crippen molar-refractivity contribution in [3.63, 3.8) is 0 Å². The normalized spacial score (nSPS) is 11.2. The first-order valence-corrected chi connectivity index (χ1v) is 6.94. The Morgan fingerprint density at radius 2 is 2.05 bits per heavy atom. The van der Waals surface area contributed by atoms with E-state index in [0.717, 1.165) is 24.3 Å². The minimum Gasteiger partial charge on any atom is -0.494 e. The smallest absolute Gasteiger partial charge is 0.121 e. The first kappa shape index (κ1) is 15.8. The molecular weight excluding hydrogens is 256 g/mol. The lowest BCUT2D eigenvalue weighted by Crippen LogP contribution is -2.30. The highest BCUT2D eigenvalue weighted by molar-refractivity contribution is 7.80. The molecule has 0 aliphatic carbocycles. The lowest BCUT2D eigenvalue weighted by molar-refractivity contribution is 0.288. The summed E-state index contributed by atoms with van der Waals surface area (Å²) in [6, 6.07) is 8.08. The van der Waals surface area contributed by atoms with E-state index in [0.29, 0.717) is 11.6 Å². The zero-order chi connectivity index (χ0) is 14.5. The number of nitrogens with two attached hydrogens (primary N) is 1. The van der Waals surface area contributed by atoms with Gasteiger partial charge in [0, 0.05) is 31.3 Å². The number of benzene rings is 1. The van der Waals surface area contributed by atoms with Crippen LogP contribution in [0.3, 0.4) is 0 Å². The summed E-state index contributed by atoms with van der Waals surface area (Å²) in [5.41, 5.74) is 6.75. The van der Waals surface area contributed by atoms with E-state index >= 15 is 0 Å². The van der Waals surface area contributed by atoms with Gasteiger partial charge in [-0.25, -0.2) is 0 Å². The molecule has 1 aromatic carbocycles. The van der Waals surface area contributed by atoms with Gasteiger partial charge in [-0.1, -0.05) is 32.1 Å². The Hall–Kier alpha value is -1.29. The van der Waals surface area contributed by atoms with Crippen molar-refractivity contribution < 1.29 is 4.74 Å². The Morgan fingerprint density at radius 3 is 2.63 bits per heavy atom. The highest BCUT2D eigenvalue weighted by Gasteiger charge is 2.20. The Bertz CT molecular complexity index is 430. The molecule has 0 radical (unpaired) electrons. The molecule has 2 N–H and O–H groups in total. The van der Waals surface area contributed by atoms with Gasteiger partial charge in [-0.05, 0) is 25.0 Å². The van der Waals surface area contributed by atoms with E-state index < -0.39 is 0 Å². The van der Waals surface area contributed by atoms with Crippen LogP contribution in [-0.4, -0.2) is 25.7 Å². The van der Waals surface area contributed by atoms with E-state index in [1.807, 2.05) is 32.3 Å². The van der Waals surface area contributed by atoms with Crippen molar-refractivity contribution in [2.75, 3.05) is 25.6 Å². The van der Waals surface area contributed by atoms with Crippen molar-refractivity contribution in [3.05, 3.63) is 24.3 Å². The van der Waals surface area contributed by atoms with Gasteiger partial charge < -0.3 is 15.4 Å². The fraction of sp³-hybridized carbons (Fsp3) is 0.533. The van der Waals surface area contributed by atoms with Gasteiger partial charge in [-0.2, -0.15) is 0 Å². The molecule has 0 fully saturated rings. The summed E-state index contributed by atoms with van der Waals surface area (Å²) in [4.78, 5) is 2.63. The van der Waals surface area contributed by atoms with Crippen LogP contribution in [0.5, 0.6) is 5.75 Å². The number of hydrogen-bond acceptors (Lipinski definition) is 3. The number of anilines is 1. The van der Waals surface area contributed by atoms with Crippen LogP contribution in [0.4, 0.5) is 5.69 Å². The number of nitrogens with zero attached hydrogens (tertiary/aromatic N) is 1. The summed E-state index contributed by atoms with van der Waals surface area (Å²) < 4.78 is 5.76. The van der Waals surface area contributed by atoms with Crippen molar-refractivity contribution in [3.8, 4) is 5.75 Å². The van der Waals surface area contributed by atoms with E-state index in [1.54, 1.807) is 0 Å². The summed E-state index contributed by atoms with van der Waals surface area (Å²) in [5, 5.41) is 0. The summed E-state index contributed by atoms with van der Waals surface area (Å²) >= 11 is 5.05. The van der Waals surface area contributed by atoms with E-state index in [4.69, 9.17) is 22.7 Å². The lowest BCUT2D eigenvalue weighted by atomic mass is 9.88. The third-order valence-electron chi connectivity index (χ3n) is 3.22. The Balaban J connectivity index is 2.42. The van der Waals surface area contributed by atoms with Crippen molar-refractivity contribution in [2.45, 2.75) is 26.7 Å². The van der Waals surface area contributed by atoms with E-state index in [9.17, 15) is 0 Å². The maximum Gasteiger partial charge on any atom is 0.121 e. The monoisotopic (exact) mass is 280 g/mol. The molecular formula is C15H24N2OS. The van der Waals surface area contributed by atoms with E-state index in [1.165, 1.54) is 0 Å². The third-order valence-corrected chi connectivity index (χ3v) is 3.77. The molecule has 0 aliphatic rings. The lowest BCUT2D eigenvalue weighted by Gasteiger charge is -2.22. The number of hydrogen-bond donors (Lipinski definition) is 1. The second-order valence-corrected chi connectivity index (χ2v) is 6.03. The van der Waals surface area contributed by atoms with Gasteiger partial charge >= 0.3 is 0 Å². The fourth-order valence-corrected chi connectivity index (χ4v) is 1.78. The zero-order valence-corrected chi connectivity index (χ0v) is 13.1. The van der Waals surface area contributed by atoms with Crippen LogP contribution >= 0.6 is 12.2 Å². The first-order chi connectivity index (χ1) is 8.83. The van der Waals surface area contributed by atoms with Gasteiger partial charge in [0.25, 0.3) is 0 Å². The minimum absolute atomic E-state index is 0.0931. The number of rotatable bonds is 7. The fourth-order valence-electron chi connectivity index (χ4n) is 1.68. The molecule has 0 unspecified atom stereocenters. The van der Waals surface area contributed by atoms with Gasteiger partial charge in [-0.3, -0.25) is 0 Å². The van der Waals surface area contributed by atoms with Crippen LogP contribution in [0.1, 0.15) is 26.7 Å². The van der Waals surface area contributed by atoms with Gasteiger partial charge in [-0.15, -0.1) is 0 Å². The van der Waals surface area contributed by atoms with Crippen LogP contribution in [0.15, 0.2) is 24.3 Å². The molecule has 4 heteroatoms. The summed E-state index contributed by atoms with van der Waals surface area (Å²) in [6.45, 7) is 4.83. The largest absolute Gasteiger partial charge is 0.494 e. The van der Waals surface area contributed by atoms with Gasteiger partial charge in [0.1, 0.15) is 5.75 Å². The van der Waals surface area contributed by atoms with Crippen LogP contribution in [0, 0.1) is 5.41 Å². The summed E-state index contributed by atoms with van der Waals surface area (Å²) in [6.07, 6.45) is 1.88. The molecule has 0 heterocycles. The Labute approximate surface area is 121 Å². The van der Waals surface area contributed by atoms with Crippen LogP contribution in [0.2, 0.25) is 0 Å². The van der Waals surface area contributed by atoms with Crippen molar-refractivity contribution in [2.24, 2.45) is 11.1 Å². The maximum atomic E-state index is 5.76. The molecule has 0 aromatic heterocycles. The molecule has 1 rings (SSSR count). The van der Waals surface area contributed by atoms with Gasteiger partial charge in [0.2, 0.25) is 0 Å². The zero-order valence-electron chi connectivity index (χ0n) is 12.3. The number of thiocarbonyl (C=S) groups is 1. The second kappa shape index (κ2) is 6.75. The molecule has 0 bridgehead atoms. The van der Waals surface area contributed by atoms with Crippen LogP contribution in [-0.2, 0) is 0 Å². The molecule has 0 aliphatic heterocycles. The van der Waals surface area contributed by atoms with Crippen LogP contribution < -0.4 is 15.4 Å². The highest BCUT2D eigenvalue weighted by atomic mass is 32.1. The molecule has 0 saturated heterocycles. The SMILES string of the molecule is CN(C)c1cccc(OCCCC(C)(C)C(N)=S)c1. The second-order valence-electron chi connectivity index (χ2n) is 5.59. The van der Waals surface area contributed by atoms with Gasteiger partial charge in [0.05, 0.1) is 11.6 Å². The maximum absolute atomic E-state index is 5.76. The molecule has 0 saturated carbocycles. The quantitative estimate of drug-likeness (QED) is 0.615. The van der Waals surface area contributed by atoms with Crippen molar-refractivity contribution in [1.29, 1.82) is 0 Å². The standard InChI is InChI=1S/C15H24N2OS/c1-15(2,14(16)19)9-6-10-18-13-8-5-7-12(11-13)17(3)4/h5,7-8,11H,6,9-10H2,1-4H3,(H2,16,19). The average molecular weight is 280 g/mol. The van der Waals surface area contributed by atoms with E-state index in [-0.39, 0.29) is 5.41 Å². The summed E-state index contributed by atoms with van der Waals surface area (Å²) in [7, 11) is 4.04. The molecule has 106 valence electrons. The molecule has 1 aromatic rings. The minimum atomic E-state index is -0.0931. The highest BCUT2D eigenvalue weighted by Crippen LogP contribution is 2.23. The number of ether oxygens (including phenoxy) is 1. The summed E-state index contributed by atoms with van der Waals surface area (Å²) in [5.74, 6) is 0.902. The predicted octanol–water partition coefficient (Wildman–Crippen LogP) is 3.22. The van der Waals surface area contributed by atoms with Crippen LogP contribution in [0.25, 0.3) is 0 Å². The molecule has 19 heavy (non-hydrogen) atoms. The van der Waals surface area contributed by atoms with Crippen molar-refractivity contribution >= 4 is 22.9 Å². The third kappa shape index (κ3) is 5.07. The average Bonchev–Trinajstić information content (AvgIpc) is 2.35. The predicted molar refractivity (Wildman–Crippen MR) is 86.1 cm³/mol. The topological polar surface area (TPSA) is 38.5 Å². The molecule has 0 atom stereocenters. The van der Waals surface area contributed by atoms with Gasteiger partial charge in [0.15, 0.2) is 0 Å². The Kier molecular flexibility index (Phi) is 5.60. The first-order valence-electron chi connectivity index (χ1n) is 6.53. The molecule has 3 nitrogen and oxygen atoms in total. The molecule has 0 spiro atoms. The molecule has 0 amide bonds.